The second-order valence-corrected chi connectivity index (χ2v) is 8.51. The third-order valence-corrected chi connectivity index (χ3v) is 5.89. The molecule has 2 aliphatic heterocycles. The summed E-state index contributed by atoms with van der Waals surface area (Å²) in [5.41, 5.74) is 1.69. The van der Waals surface area contributed by atoms with Gasteiger partial charge in [-0.25, -0.2) is 18.2 Å². The normalized spacial score (nSPS) is 18.6. The molecule has 2 aliphatic rings. The maximum Gasteiger partial charge on any atom is 0.361 e. The number of H-pyrrole nitrogens is 1. The number of hydrogen-bond acceptors (Lipinski definition) is 7. The summed E-state index contributed by atoms with van der Waals surface area (Å²) in [5, 5.41) is 0.741. The van der Waals surface area contributed by atoms with E-state index in [-0.39, 0.29) is 29.6 Å². The van der Waals surface area contributed by atoms with Gasteiger partial charge >= 0.3 is 5.97 Å². The van der Waals surface area contributed by atoms with Crippen LogP contribution in [-0.2, 0) is 19.6 Å². The van der Waals surface area contributed by atoms with E-state index in [0.717, 1.165) is 10.9 Å². The lowest BCUT2D eigenvalue weighted by molar-refractivity contribution is -0.137. The molecule has 0 amide bonds. The monoisotopic (exact) mass is 414 g/mol. The van der Waals surface area contributed by atoms with Crippen LogP contribution in [0.4, 0.5) is 0 Å². The number of nitrogens with one attached hydrogen (secondary N) is 1. The van der Waals surface area contributed by atoms with Gasteiger partial charge in [0.2, 0.25) is 5.78 Å². The molecule has 1 aromatic heterocycles. The van der Waals surface area contributed by atoms with Crippen molar-refractivity contribution in [1.29, 1.82) is 0 Å². The summed E-state index contributed by atoms with van der Waals surface area (Å²) in [7, 11) is -3.68. The van der Waals surface area contributed by atoms with Crippen LogP contribution in [0.1, 0.15) is 23.0 Å². The average Bonchev–Trinajstić information content (AvgIpc) is 3.01. The molecule has 1 N–H and O–H groups in total. The largest absolute Gasteiger partial charge is 0.449 e. The lowest BCUT2D eigenvalue weighted by atomic mass is 10.0. The van der Waals surface area contributed by atoms with Crippen molar-refractivity contribution in [3.05, 3.63) is 47.9 Å². The Balaban J connectivity index is 1.59. The van der Waals surface area contributed by atoms with Gasteiger partial charge in [0.25, 0.3) is 10.0 Å². The number of fused-ring (bicyclic) bond motifs is 2. The molecule has 10 heteroatoms. The van der Waals surface area contributed by atoms with E-state index in [2.05, 4.69) is 14.4 Å². The number of hydrogen-bond donors (Lipinski definition) is 1. The van der Waals surface area contributed by atoms with Gasteiger partial charge in [-0.05, 0) is 19.9 Å². The van der Waals surface area contributed by atoms with Gasteiger partial charge in [-0.3, -0.25) is 4.79 Å². The van der Waals surface area contributed by atoms with Crippen LogP contribution in [-0.4, -0.2) is 60.0 Å². The number of aromatic nitrogens is 1. The molecule has 0 radical (unpaired) electrons. The first-order chi connectivity index (χ1) is 13.8. The van der Waals surface area contributed by atoms with E-state index in [0.29, 0.717) is 11.3 Å². The fourth-order valence-corrected chi connectivity index (χ4v) is 4.30. The number of aromatic amines is 1. The summed E-state index contributed by atoms with van der Waals surface area (Å²) < 4.78 is 32.6. The topological polar surface area (TPSA) is 121 Å². The number of esters is 1. The lowest BCUT2D eigenvalue weighted by Gasteiger charge is -2.27. The Morgan fingerprint density at radius 3 is 2.83 bits per heavy atom. The van der Waals surface area contributed by atoms with E-state index >= 15 is 0 Å². The van der Waals surface area contributed by atoms with Gasteiger partial charge in [-0.2, -0.15) is 0 Å². The molecular weight excluding hydrogens is 396 g/mol. The highest BCUT2D eigenvalue weighted by Crippen LogP contribution is 2.24. The summed E-state index contributed by atoms with van der Waals surface area (Å²) >= 11 is 0. The maximum absolute atomic E-state index is 13.0. The zero-order chi connectivity index (χ0) is 20.8. The number of amidine groups is 1. The van der Waals surface area contributed by atoms with Gasteiger partial charge in [0, 0.05) is 41.1 Å². The predicted molar refractivity (Wildman–Crippen MR) is 107 cm³/mol. The van der Waals surface area contributed by atoms with Crippen LogP contribution in [0.5, 0.6) is 0 Å². The fourth-order valence-electron chi connectivity index (χ4n) is 3.33. The quantitative estimate of drug-likeness (QED) is 0.599. The maximum atomic E-state index is 13.0. The molecule has 4 rings (SSSR count). The molecule has 0 aliphatic carbocycles. The average molecular weight is 414 g/mol. The molecular formula is C19H18N4O5S. The molecule has 150 valence electrons. The van der Waals surface area contributed by atoms with Crippen molar-refractivity contribution in [2.45, 2.75) is 20.0 Å². The minimum absolute atomic E-state index is 0.0910. The molecule has 9 nitrogen and oxygen atoms in total. The van der Waals surface area contributed by atoms with Crippen LogP contribution < -0.4 is 0 Å². The van der Waals surface area contributed by atoms with E-state index in [9.17, 15) is 18.0 Å². The van der Waals surface area contributed by atoms with Gasteiger partial charge in [0.1, 0.15) is 0 Å². The number of carbonyl (C=O) groups excluding carboxylic acids is 2. The molecule has 1 atom stereocenters. The molecule has 0 fully saturated rings. The number of nitrogens with zero attached hydrogens (tertiary/aromatic N) is 3. The van der Waals surface area contributed by atoms with Gasteiger partial charge in [-0.15, -0.1) is 4.40 Å². The van der Waals surface area contributed by atoms with Crippen LogP contribution in [0.2, 0.25) is 0 Å². The second kappa shape index (κ2) is 6.96. The van der Waals surface area contributed by atoms with Gasteiger partial charge in [0.15, 0.2) is 17.7 Å². The standard InChI is InChI=1S/C19H18N4O5S/c1-11-15(13-5-3-4-6-14(13)21-11)17(24)12(2)28-19(25)16-18-22-29(26,27)10-9-23(18)8-7-20-16/h3-8,12,21H,9-10H2,1-2H3/t12-/m0/s1. The molecule has 0 spiro atoms. The number of carbonyl (C=O) groups is 2. The number of para-hydroxylation sites is 1. The number of ketones is 1. The van der Waals surface area contributed by atoms with E-state index in [1.807, 2.05) is 24.3 Å². The Kier molecular flexibility index (Phi) is 4.58. The third-order valence-electron chi connectivity index (χ3n) is 4.74. The number of sulfonamides is 1. The van der Waals surface area contributed by atoms with Crippen LogP contribution in [0.15, 0.2) is 46.1 Å². The highest BCUT2D eigenvalue weighted by molar-refractivity contribution is 7.90. The summed E-state index contributed by atoms with van der Waals surface area (Å²) in [6.07, 6.45) is 1.81. The lowest BCUT2D eigenvalue weighted by Crippen LogP contribution is -2.45. The van der Waals surface area contributed by atoms with Crippen LogP contribution in [0.25, 0.3) is 10.9 Å². The number of aryl methyl sites for hydroxylation is 1. The Morgan fingerprint density at radius 1 is 1.28 bits per heavy atom. The van der Waals surface area contributed by atoms with E-state index in [1.54, 1.807) is 6.92 Å². The number of ether oxygens (including phenoxy) is 1. The molecule has 0 unspecified atom stereocenters. The predicted octanol–water partition coefficient (Wildman–Crippen LogP) is 1.56. The number of rotatable bonds is 4. The van der Waals surface area contributed by atoms with Crippen molar-refractivity contribution in [2.24, 2.45) is 9.39 Å². The SMILES string of the molecule is Cc1[nH]c2ccccc2c1C(=O)[C@H](C)OC(=O)C1=NC=CN2CCS(=O)(=O)N=C12. The number of benzene rings is 1. The first kappa shape index (κ1) is 19.1. The molecule has 0 saturated carbocycles. The zero-order valence-corrected chi connectivity index (χ0v) is 16.6. The smallest absolute Gasteiger partial charge is 0.361 e. The van der Waals surface area contributed by atoms with Crippen molar-refractivity contribution in [3.63, 3.8) is 0 Å². The van der Waals surface area contributed by atoms with E-state index in [1.165, 1.54) is 24.2 Å². The first-order valence-electron chi connectivity index (χ1n) is 8.93. The highest BCUT2D eigenvalue weighted by atomic mass is 32.2. The Hall–Kier alpha value is -3.27. The first-order valence-corrected chi connectivity index (χ1v) is 10.5. The zero-order valence-electron chi connectivity index (χ0n) is 15.7. The summed E-state index contributed by atoms with van der Waals surface area (Å²) in [5.74, 6) is -1.52. The number of aliphatic imine (C=N–C) groups is 1. The van der Waals surface area contributed by atoms with Crippen molar-refractivity contribution in [3.8, 4) is 0 Å². The molecule has 29 heavy (non-hydrogen) atoms. The molecule has 0 saturated heterocycles. The highest BCUT2D eigenvalue weighted by Gasteiger charge is 2.34. The van der Waals surface area contributed by atoms with Crippen molar-refractivity contribution in [1.82, 2.24) is 9.88 Å². The van der Waals surface area contributed by atoms with E-state index < -0.39 is 22.1 Å². The van der Waals surface area contributed by atoms with Crippen molar-refractivity contribution in [2.75, 3.05) is 12.3 Å². The summed E-state index contributed by atoms with van der Waals surface area (Å²) in [4.78, 5) is 34.2. The second-order valence-electron chi connectivity index (χ2n) is 6.75. The van der Waals surface area contributed by atoms with Gasteiger partial charge in [0.05, 0.1) is 5.75 Å². The minimum atomic E-state index is -3.68. The Morgan fingerprint density at radius 2 is 2.03 bits per heavy atom. The van der Waals surface area contributed by atoms with Gasteiger partial charge in [-0.1, -0.05) is 18.2 Å². The molecule has 2 aromatic rings. The Labute approximate surface area is 166 Å². The van der Waals surface area contributed by atoms with Crippen LogP contribution in [0.3, 0.4) is 0 Å². The van der Waals surface area contributed by atoms with E-state index in [4.69, 9.17) is 4.74 Å². The minimum Gasteiger partial charge on any atom is -0.449 e. The molecule has 3 heterocycles. The van der Waals surface area contributed by atoms with Gasteiger partial charge < -0.3 is 14.6 Å². The van der Waals surface area contributed by atoms with Crippen LogP contribution in [0, 0.1) is 6.92 Å². The van der Waals surface area contributed by atoms with Crippen molar-refractivity contribution < 1.29 is 22.7 Å². The van der Waals surface area contributed by atoms with Crippen LogP contribution >= 0.6 is 0 Å². The molecule has 1 aromatic carbocycles. The fraction of sp³-hybridized carbons (Fsp3) is 0.263. The molecule has 0 bridgehead atoms. The Bertz CT molecular complexity index is 1220. The van der Waals surface area contributed by atoms with Crippen molar-refractivity contribution >= 4 is 44.2 Å². The summed E-state index contributed by atoms with van der Waals surface area (Å²) in [6, 6.07) is 7.35. The third kappa shape index (κ3) is 3.46. The number of Topliss-reactive ketones (excluding diaryl/α,β-unsaturated/α-hetero) is 1. The summed E-state index contributed by atoms with van der Waals surface area (Å²) in [6.45, 7) is 3.40.